The molecule has 96 valence electrons. The van der Waals surface area contributed by atoms with Crippen molar-refractivity contribution in [1.29, 1.82) is 5.26 Å². The number of benzene rings is 2. The summed E-state index contributed by atoms with van der Waals surface area (Å²) in [5.74, 6) is 0.359. The summed E-state index contributed by atoms with van der Waals surface area (Å²) in [6.07, 6.45) is 0. The molecule has 0 saturated heterocycles. The van der Waals surface area contributed by atoms with E-state index in [9.17, 15) is 5.11 Å². The van der Waals surface area contributed by atoms with Crippen molar-refractivity contribution in [3.63, 3.8) is 0 Å². The smallest absolute Gasteiger partial charge is 0.123 e. The van der Waals surface area contributed by atoms with Crippen molar-refractivity contribution in [1.82, 2.24) is 0 Å². The van der Waals surface area contributed by atoms with Crippen molar-refractivity contribution in [3.8, 4) is 17.6 Å². The molecule has 2 rings (SSSR count). The number of rotatable bonds is 4. The highest BCUT2D eigenvalue weighted by Crippen LogP contribution is 2.29. The topological polar surface area (TPSA) is 53.2 Å². The highest BCUT2D eigenvalue weighted by Gasteiger charge is 2.10. The van der Waals surface area contributed by atoms with Crippen LogP contribution in [0.4, 0.5) is 0 Å². The van der Waals surface area contributed by atoms with Crippen LogP contribution in [-0.2, 0) is 6.61 Å². The molecule has 1 unspecified atom stereocenters. The van der Waals surface area contributed by atoms with Crippen LogP contribution in [0.3, 0.4) is 0 Å². The van der Waals surface area contributed by atoms with Crippen molar-refractivity contribution in [2.45, 2.75) is 19.4 Å². The van der Waals surface area contributed by atoms with Crippen molar-refractivity contribution in [2.75, 3.05) is 0 Å². The average Bonchev–Trinajstić information content (AvgIpc) is 2.45. The van der Waals surface area contributed by atoms with Gasteiger partial charge in [0.25, 0.3) is 0 Å². The van der Waals surface area contributed by atoms with Crippen molar-refractivity contribution in [3.05, 3.63) is 59.7 Å². The van der Waals surface area contributed by atoms with Gasteiger partial charge in [-0.3, -0.25) is 0 Å². The van der Waals surface area contributed by atoms with E-state index in [4.69, 9.17) is 10.00 Å². The summed E-state index contributed by atoms with van der Waals surface area (Å²) in [4.78, 5) is 0. The van der Waals surface area contributed by atoms with E-state index in [0.29, 0.717) is 17.9 Å². The molecule has 0 amide bonds. The number of nitriles is 1. The van der Waals surface area contributed by atoms with Crippen LogP contribution in [0.1, 0.15) is 24.0 Å². The summed E-state index contributed by atoms with van der Waals surface area (Å²) in [6, 6.07) is 17.0. The lowest BCUT2D eigenvalue weighted by molar-refractivity contribution is 0.304. The summed E-state index contributed by atoms with van der Waals surface area (Å²) < 4.78 is 5.60. The Labute approximate surface area is 112 Å². The summed E-state index contributed by atoms with van der Waals surface area (Å²) in [5.41, 5.74) is 1.69. The van der Waals surface area contributed by atoms with Gasteiger partial charge >= 0.3 is 0 Å². The molecule has 0 aliphatic carbocycles. The summed E-state index contributed by atoms with van der Waals surface area (Å²) in [6.45, 7) is 2.20. The van der Waals surface area contributed by atoms with E-state index in [-0.39, 0.29) is 11.7 Å². The molecule has 3 nitrogen and oxygen atoms in total. The lowest BCUT2D eigenvalue weighted by atomic mass is 10.0. The number of hydrogen-bond acceptors (Lipinski definition) is 3. The van der Waals surface area contributed by atoms with Crippen LogP contribution in [-0.4, -0.2) is 5.11 Å². The minimum absolute atomic E-state index is 0.0969. The number of hydrogen-bond donors (Lipinski definition) is 1. The van der Waals surface area contributed by atoms with Gasteiger partial charge in [0.2, 0.25) is 0 Å². The second-order valence-electron chi connectivity index (χ2n) is 4.35. The van der Waals surface area contributed by atoms with Gasteiger partial charge in [-0.05, 0) is 18.6 Å². The molecule has 3 heteroatoms. The summed E-state index contributed by atoms with van der Waals surface area (Å²) in [5, 5.41) is 18.7. The van der Waals surface area contributed by atoms with E-state index in [1.807, 2.05) is 30.3 Å². The first-order valence-electron chi connectivity index (χ1n) is 6.10. The largest absolute Gasteiger partial charge is 0.507 e. The summed E-state index contributed by atoms with van der Waals surface area (Å²) >= 11 is 0. The molecule has 0 fully saturated rings. The highest BCUT2D eigenvalue weighted by molar-refractivity contribution is 5.43. The molecule has 0 bridgehead atoms. The molecule has 0 aromatic heterocycles. The number of nitrogens with zero attached hydrogens (tertiary/aromatic N) is 1. The monoisotopic (exact) mass is 253 g/mol. The van der Waals surface area contributed by atoms with Gasteiger partial charge in [-0.25, -0.2) is 0 Å². The van der Waals surface area contributed by atoms with E-state index in [1.54, 1.807) is 25.1 Å². The first kappa shape index (κ1) is 13.0. The van der Waals surface area contributed by atoms with Gasteiger partial charge in [0.1, 0.15) is 18.1 Å². The van der Waals surface area contributed by atoms with Crippen LogP contribution >= 0.6 is 0 Å². The number of phenols is 1. The van der Waals surface area contributed by atoms with E-state index >= 15 is 0 Å². The highest BCUT2D eigenvalue weighted by atomic mass is 16.5. The Bertz CT molecular complexity index is 587. The molecule has 2 aromatic carbocycles. The molecule has 19 heavy (non-hydrogen) atoms. The van der Waals surface area contributed by atoms with Crippen LogP contribution < -0.4 is 4.74 Å². The normalized spacial score (nSPS) is 11.6. The second-order valence-corrected chi connectivity index (χ2v) is 4.35. The fourth-order valence-corrected chi connectivity index (χ4v) is 1.79. The zero-order valence-electron chi connectivity index (χ0n) is 10.7. The Kier molecular flexibility index (Phi) is 4.04. The zero-order valence-corrected chi connectivity index (χ0v) is 10.7. The molecule has 0 saturated carbocycles. The molecule has 0 radical (unpaired) electrons. The van der Waals surface area contributed by atoms with Crippen molar-refractivity contribution < 1.29 is 9.84 Å². The maximum absolute atomic E-state index is 9.86. The third kappa shape index (κ3) is 3.26. The Balaban J connectivity index is 2.07. The molecule has 1 N–H and O–H groups in total. The van der Waals surface area contributed by atoms with E-state index in [1.165, 1.54) is 0 Å². The van der Waals surface area contributed by atoms with Gasteiger partial charge in [-0.15, -0.1) is 0 Å². The maximum atomic E-state index is 9.86. The number of phenolic OH excluding ortho intramolecular Hbond substituents is 1. The van der Waals surface area contributed by atoms with E-state index in [0.717, 1.165) is 5.56 Å². The molecular weight excluding hydrogens is 238 g/mol. The minimum atomic E-state index is -0.330. The van der Waals surface area contributed by atoms with Gasteiger partial charge in [-0.1, -0.05) is 36.4 Å². The molecule has 0 aliphatic heterocycles. The summed E-state index contributed by atoms with van der Waals surface area (Å²) in [7, 11) is 0. The van der Waals surface area contributed by atoms with Crippen molar-refractivity contribution >= 4 is 0 Å². The van der Waals surface area contributed by atoms with Crippen molar-refractivity contribution in [2.24, 2.45) is 0 Å². The zero-order chi connectivity index (χ0) is 13.7. The third-order valence-corrected chi connectivity index (χ3v) is 2.91. The Morgan fingerprint density at radius 3 is 2.58 bits per heavy atom. The lowest BCUT2D eigenvalue weighted by Gasteiger charge is -2.10. The predicted molar refractivity (Wildman–Crippen MR) is 72.9 cm³/mol. The van der Waals surface area contributed by atoms with Gasteiger partial charge in [0.05, 0.1) is 12.0 Å². The molecule has 2 aromatic rings. The van der Waals surface area contributed by atoms with E-state index < -0.39 is 0 Å². The standard InChI is InChI=1S/C16H15NO2/c1-12(10-17)15-8-7-14(9-16(15)18)19-11-13-5-3-2-4-6-13/h2-9,12,18H,11H2,1H3. The number of ether oxygens (including phenoxy) is 1. The Morgan fingerprint density at radius 2 is 1.95 bits per heavy atom. The Morgan fingerprint density at radius 1 is 1.21 bits per heavy atom. The molecule has 0 heterocycles. The molecular formula is C16H15NO2. The second kappa shape index (κ2) is 5.92. The number of aromatic hydroxyl groups is 1. The SMILES string of the molecule is CC(C#N)c1ccc(OCc2ccccc2)cc1O. The quantitative estimate of drug-likeness (QED) is 0.905. The average molecular weight is 253 g/mol. The van der Waals surface area contributed by atoms with E-state index in [2.05, 4.69) is 6.07 Å². The Hall–Kier alpha value is -2.47. The predicted octanol–water partition coefficient (Wildman–Crippen LogP) is 3.60. The van der Waals surface area contributed by atoms with Gasteiger partial charge in [-0.2, -0.15) is 5.26 Å². The third-order valence-electron chi connectivity index (χ3n) is 2.91. The maximum Gasteiger partial charge on any atom is 0.123 e. The van der Waals surface area contributed by atoms with Crippen LogP contribution in [0.15, 0.2) is 48.5 Å². The molecule has 0 aliphatic rings. The minimum Gasteiger partial charge on any atom is -0.507 e. The lowest BCUT2D eigenvalue weighted by Crippen LogP contribution is -1.96. The van der Waals surface area contributed by atoms with Gasteiger partial charge in [0, 0.05) is 11.6 Å². The van der Waals surface area contributed by atoms with Gasteiger partial charge in [0.15, 0.2) is 0 Å². The van der Waals surface area contributed by atoms with Crippen LogP contribution in [0.2, 0.25) is 0 Å². The van der Waals surface area contributed by atoms with Gasteiger partial charge < -0.3 is 9.84 Å². The first-order valence-corrected chi connectivity index (χ1v) is 6.10. The first-order chi connectivity index (χ1) is 9.20. The fraction of sp³-hybridized carbons (Fsp3) is 0.188. The van der Waals surface area contributed by atoms with Crippen LogP contribution in [0.25, 0.3) is 0 Å². The fourth-order valence-electron chi connectivity index (χ4n) is 1.79. The van der Waals surface area contributed by atoms with Crippen LogP contribution in [0.5, 0.6) is 11.5 Å². The molecule has 0 spiro atoms. The van der Waals surface area contributed by atoms with Crippen LogP contribution in [0, 0.1) is 11.3 Å². The molecule has 1 atom stereocenters.